The van der Waals surface area contributed by atoms with Crippen molar-refractivity contribution in [3.8, 4) is 11.5 Å². The molecule has 6 nitrogen and oxygen atoms in total. The lowest BCUT2D eigenvalue weighted by molar-refractivity contribution is -0.113. The van der Waals surface area contributed by atoms with Crippen molar-refractivity contribution < 1.29 is 19.1 Å². The van der Waals surface area contributed by atoms with Gasteiger partial charge in [-0.3, -0.25) is 9.59 Å². The molecular weight excluding hydrogens is 328 g/mol. The molecule has 0 aromatic heterocycles. The first-order chi connectivity index (χ1) is 11.6. The Hall–Kier alpha value is -2.67. The second-order valence-electron chi connectivity index (χ2n) is 5.07. The molecule has 3 rings (SSSR count). The van der Waals surface area contributed by atoms with E-state index in [-0.39, 0.29) is 11.8 Å². The summed E-state index contributed by atoms with van der Waals surface area (Å²) in [5.74, 6) is 1.18. The van der Waals surface area contributed by atoms with Crippen LogP contribution in [-0.4, -0.2) is 31.8 Å². The number of rotatable bonds is 4. The van der Waals surface area contributed by atoms with Crippen LogP contribution in [0.2, 0.25) is 0 Å². The molecule has 1 heterocycles. The molecule has 0 radical (unpaired) electrons. The fraction of sp³-hybridized carbons (Fsp3) is 0.176. The first-order valence-corrected chi connectivity index (χ1v) is 8.19. The first kappa shape index (κ1) is 16.2. The molecule has 1 aliphatic rings. The number of methoxy groups -OCH3 is 2. The standard InChI is InChI=1S/C17H16N2O4S/c1-22-13-5-4-11(8-14(13)23-2)18-17(21)10-3-6-15-12(7-10)19-16(20)9-24-15/h3-8H,9H2,1-2H3,(H,18,21)(H,19,20). The number of carbonyl (C=O) groups excluding carboxylic acids is 2. The molecule has 124 valence electrons. The summed E-state index contributed by atoms with van der Waals surface area (Å²) in [5.41, 5.74) is 1.72. The van der Waals surface area contributed by atoms with Crippen molar-refractivity contribution in [2.45, 2.75) is 4.90 Å². The van der Waals surface area contributed by atoms with Crippen LogP contribution in [0.1, 0.15) is 10.4 Å². The van der Waals surface area contributed by atoms with E-state index >= 15 is 0 Å². The molecule has 0 saturated heterocycles. The molecule has 0 unspecified atom stereocenters. The molecule has 0 bridgehead atoms. The molecule has 24 heavy (non-hydrogen) atoms. The number of nitrogens with one attached hydrogen (secondary N) is 2. The highest BCUT2D eigenvalue weighted by Gasteiger charge is 2.17. The van der Waals surface area contributed by atoms with Gasteiger partial charge in [0.15, 0.2) is 11.5 Å². The van der Waals surface area contributed by atoms with E-state index < -0.39 is 0 Å². The van der Waals surface area contributed by atoms with Gasteiger partial charge in [-0.25, -0.2) is 0 Å². The van der Waals surface area contributed by atoms with Gasteiger partial charge in [0.25, 0.3) is 5.91 Å². The molecule has 2 aromatic carbocycles. The zero-order valence-corrected chi connectivity index (χ0v) is 14.0. The number of carbonyl (C=O) groups is 2. The van der Waals surface area contributed by atoms with Gasteiger partial charge in [-0.1, -0.05) is 0 Å². The number of benzene rings is 2. The molecule has 2 N–H and O–H groups in total. The molecule has 0 saturated carbocycles. The number of fused-ring (bicyclic) bond motifs is 1. The maximum Gasteiger partial charge on any atom is 0.255 e. The van der Waals surface area contributed by atoms with Crippen molar-refractivity contribution in [3.05, 3.63) is 42.0 Å². The summed E-state index contributed by atoms with van der Waals surface area (Å²) < 4.78 is 10.4. The van der Waals surface area contributed by atoms with Crippen molar-refractivity contribution >= 4 is 35.0 Å². The van der Waals surface area contributed by atoms with Gasteiger partial charge in [-0.15, -0.1) is 11.8 Å². The molecule has 2 amide bonds. The number of hydrogen-bond acceptors (Lipinski definition) is 5. The van der Waals surface area contributed by atoms with Crippen molar-refractivity contribution in [2.24, 2.45) is 0 Å². The third-order valence-electron chi connectivity index (χ3n) is 3.52. The van der Waals surface area contributed by atoms with Crippen molar-refractivity contribution in [1.29, 1.82) is 0 Å². The largest absolute Gasteiger partial charge is 0.493 e. The van der Waals surface area contributed by atoms with E-state index in [1.165, 1.54) is 18.9 Å². The van der Waals surface area contributed by atoms with Gasteiger partial charge in [0.05, 0.1) is 25.7 Å². The van der Waals surface area contributed by atoms with Crippen LogP contribution in [0.5, 0.6) is 11.5 Å². The van der Waals surface area contributed by atoms with Crippen LogP contribution in [0.15, 0.2) is 41.3 Å². The zero-order chi connectivity index (χ0) is 17.1. The highest BCUT2D eigenvalue weighted by Crippen LogP contribution is 2.33. The van der Waals surface area contributed by atoms with Crippen molar-refractivity contribution in [2.75, 3.05) is 30.6 Å². The Bertz CT molecular complexity index is 807. The van der Waals surface area contributed by atoms with Crippen molar-refractivity contribution in [1.82, 2.24) is 0 Å². The Morgan fingerprint density at radius 2 is 1.92 bits per heavy atom. The maximum atomic E-state index is 12.4. The van der Waals surface area contributed by atoms with Gasteiger partial charge in [0.2, 0.25) is 5.91 Å². The van der Waals surface area contributed by atoms with Crippen LogP contribution < -0.4 is 20.1 Å². The lowest BCUT2D eigenvalue weighted by Gasteiger charge is -2.17. The smallest absolute Gasteiger partial charge is 0.255 e. The molecule has 0 aliphatic carbocycles. The maximum absolute atomic E-state index is 12.4. The van der Waals surface area contributed by atoms with Gasteiger partial charge >= 0.3 is 0 Å². The summed E-state index contributed by atoms with van der Waals surface area (Å²) in [6, 6.07) is 10.4. The third-order valence-corrected chi connectivity index (χ3v) is 4.59. The summed E-state index contributed by atoms with van der Waals surface area (Å²) in [4.78, 5) is 24.9. The van der Waals surface area contributed by atoms with Crippen LogP contribution in [0.4, 0.5) is 11.4 Å². The van der Waals surface area contributed by atoms with Gasteiger partial charge in [0, 0.05) is 22.2 Å². The van der Waals surface area contributed by atoms with Gasteiger partial charge in [-0.05, 0) is 30.3 Å². The van der Waals surface area contributed by atoms with Crippen molar-refractivity contribution in [3.63, 3.8) is 0 Å². The fourth-order valence-electron chi connectivity index (χ4n) is 2.34. The monoisotopic (exact) mass is 344 g/mol. The van der Waals surface area contributed by atoms with E-state index in [9.17, 15) is 9.59 Å². The second-order valence-corrected chi connectivity index (χ2v) is 6.09. The Kier molecular flexibility index (Phi) is 4.61. The fourth-order valence-corrected chi connectivity index (χ4v) is 3.13. The number of ether oxygens (including phenoxy) is 2. The highest BCUT2D eigenvalue weighted by atomic mass is 32.2. The van der Waals surface area contributed by atoms with Crippen LogP contribution in [-0.2, 0) is 4.79 Å². The number of amides is 2. The minimum atomic E-state index is -0.269. The van der Waals surface area contributed by atoms with Crippen LogP contribution in [0, 0.1) is 0 Å². The normalized spacial score (nSPS) is 12.8. The van der Waals surface area contributed by atoms with E-state index in [2.05, 4.69) is 10.6 Å². The Morgan fingerprint density at radius 3 is 2.67 bits per heavy atom. The minimum Gasteiger partial charge on any atom is -0.493 e. The van der Waals surface area contributed by atoms with Crippen LogP contribution in [0.25, 0.3) is 0 Å². The minimum absolute atomic E-state index is 0.0649. The van der Waals surface area contributed by atoms with Gasteiger partial charge in [-0.2, -0.15) is 0 Å². The van der Waals surface area contributed by atoms with Gasteiger partial charge in [0.1, 0.15) is 0 Å². The molecule has 7 heteroatoms. The molecule has 0 spiro atoms. The SMILES string of the molecule is COc1ccc(NC(=O)c2ccc3c(c2)NC(=O)CS3)cc1OC. The Balaban J connectivity index is 1.80. The summed E-state index contributed by atoms with van der Waals surface area (Å²) in [5, 5.41) is 5.58. The van der Waals surface area contributed by atoms with E-state index in [0.29, 0.717) is 34.2 Å². The Labute approximate surface area is 143 Å². The summed E-state index contributed by atoms with van der Waals surface area (Å²) in [6.07, 6.45) is 0. The quantitative estimate of drug-likeness (QED) is 0.892. The van der Waals surface area contributed by atoms with E-state index in [4.69, 9.17) is 9.47 Å². The number of anilines is 2. The summed E-state index contributed by atoms with van der Waals surface area (Å²) in [6.45, 7) is 0. The first-order valence-electron chi connectivity index (χ1n) is 7.21. The van der Waals surface area contributed by atoms with E-state index in [1.807, 2.05) is 6.07 Å². The van der Waals surface area contributed by atoms with Crippen LogP contribution >= 0.6 is 11.8 Å². The lowest BCUT2D eigenvalue weighted by atomic mass is 10.1. The van der Waals surface area contributed by atoms with E-state index in [1.54, 1.807) is 37.4 Å². The van der Waals surface area contributed by atoms with E-state index in [0.717, 1.165) is 4.90 Å². The number of thioether (sulfide) groups is 1. The summed E-state index contributed by atoms with van der Waals surface area (Å²) >= 11 is 1.46. The topological polar surface area (TPSA) is 76.7 Å². The average Bonchev–Trinajstić information content (AvgIpc) is 2.60. The molecule has 2 aromatic rings. The third kappa shape index (κ3) is 3.30. The zero-order valence-electron chi connectivity index (χ0n) is 13.2. The molecule has 1 aliphatic heterocycles. The Morgan fingerprint density at radius 1 is 1.12 bits per heavy atom. The predicted molar refractivity (Wildman–Crippen MR) is 93.3 cm³/mol. The summed E-state index contributed by atoms with van der Waals surface area (Å²) in [7, 11) is 3.09. The average molecular weight is 344 g/mol. The predicted octanol–water partition coefficient (Wildman–Crippen LogP) is 3.00. The second kappa shape index (κ2) is 6.84. The molecule has 0 fully saturated rings. The molecule has 0 atom stereocenters. The highest BCUT2D eigenvalue weighted by molar-refractivity contribution is 8.00. The lowest BCUT2D eigenvalue weighted by Crippen LogP contribution is -2.19. The van der Waals surface area contributed by atoms with Crippen LogP contribution in [0.3, 0.4) is 0 Å². The number of hydrogen-bond donors (Lipinski definition) is 2. The van der Waals surface area contributed by atoms with Gasteiger partial charge < -0.3 is 20.1 Å². The molecular formula is C17H16N2O4S.